The largest absolute Gasteiger partial charge is 0.480 e. The second-order valence-electron chi connectivity index (χ2n) is 6.11. The van der Waals surface area contributed by atoms with Crippen molar-refractivity contribution in [3.8, 4) is 0 Å². The van der Waals surface area contributed by atoms with E-state index in [1.54, 1.807) is 36.0 Å². The predicted molar refractivity (Wildman–Crippen MR) is 103 cm³/mol. The smallest absolute Gasteiger partial charge is 0.328 e. The Kier molecular flexibility index (Phi) is 8.36. The Morgan fingerprint density at radius 1 is 1.30 bits per heavy atom. The fourth-order valence-electron chi connectivity index (χ4n) is 2.62. The maximum Gasteiger partial charge on any atom is 0.328 e. The Morgan fingerprint density at radius 2 is 2.00 bits per heavy atom. The van der Waals surface area contributed by atoms with E-state index in [4.69, 9.17) is 21.8 Å². The molecule has 0 radical (unpaired) electrons. The van der Waals surface area contributed by atoms with Gasteiger partial charge in [0.05, 0.1) is 12.6 Å². The van der Waals surface area contributed by atoms with Crippen molar-refractivity contribution < 1.29 is 24.6 Å². The SMILES string of the molecule is O=C(C[C@@H](CNC(=O)[C@H]1CSCN1)c1ccc(Cl)cc1)N[C@@H](CO)C(=O)O. The summed E-state index contributed by atoms with van der Waals surface area (Å²) in [5.74, 6) is -0.938. The molecule has 0 spiro atoms. The minimum atomic E-state index is -1.36. The first-order valence-corrected chi connectivity index (χ1v) is 9.91. The molecule has 1 fully saturated rings. The van der Waals surface area contributed by atoms with Crippen molar-refractivity contribution in [1.82, 2.24) is 16.0 Å². The lowest BCUT2D eigenvalue weighted by Crippen LogP contribution is -2.45. The normalized spacial score (nSPS) is 18.5. The van der Waals surface area contributed by atoms with Crippen molar-refractivity contribution in [3.05, 3.63) is 34.9 Å². The van der Waals surface area contributed by atoms with Crippen molar-refractivity contribution in [3.63, 3.8) is 0 Å². The summed E-state index contributed by atoms with van der Waals surface area (Å²) in [5.41, 5.74) is 0.791. The molecule has 27 heavy (non-hydrogen) atoms. The van der Waals surface area contributed by atoms with Crippen LogP contribution in [0.2, 0.25) is 5.02 Å². The van der Waals surface area contributed by atoms with Crippen LogP contribution in [-0.4, -0.2) is 64.9 Å². The molecule has 1 aliphatic heterocycles. The molecule has 0 saturated carbocycles. The molecule has 0 aliphatic carbocycles. The quantitative estimate of drug-likeness (QED) is 0.388. The predicted octanol–water partition coefficient (Wildman–Crippen LogP) is 0.154. The third kappa shape index (κ3) is 6.69. The van der Waals surface area contributed by atoms with Crippen LogP contribution >= 0.6 is 23.4 Å². The molecule has 5 N–H and O–H groups in total. The number of carboxylic acid groups (broad SMARTS) is 1. The number of rotatable bonds is 9. The first-order valence-electron chi connectivity index (χ1n) is 8.38. The number of benzene rings is 1. The van der Waals surface area contributed by atoms with Crippen LogP contribution in [-0.2, 0) is 14.4 Å². The van der Waals surface area contributed by atoms with Crippen LogP contribution in [0, 0.1) is 0 Å². The summed E-state index contributed by atoms with van der Waals surface area (Å²) in [5, 5.41) is 26.7. The number of aliphatic hydroxyl groups is 1. The first-order chi connectivity index (χ1) is 12.9. The van der Waals surface area contributed by atoms with E-state index >= 15 is 0 Å². The fourth-order valence-corrected chi connectivity index (χ4v) is 3.68. The van der Waals surface area contributed by atoms with Crippen molar-refractivity contribution in [2.75, 3.05) is 24.8 Å². The summed E-state index contributed by atoms with van der Waals surface area (Å²) in [4.78, 5) is 35.4. The second kappa shape index (κ2) is 10.5. The van der Waals surface area contributed by atoms with Gasteiger partial charge in [-0.1, -0.05) is 23.7 Å². The van der Waals surface area contributed by atoms with Gasteiger partial charge in [-0.15, -0.1) is 11.8 Å². The molecule has 2 rings (SSSR count). The highest BCUT2D eigenvalue weighted by molar-refractivity contribution is 7.99. The van der Waals surface area contributed by atoms with Crippen molar-refractivity contribution >= 4 is 41.1 Å². The zero-order chi connectivity index (χ0) is 19.8. The van der Waals surface area contributed by atoms with Gasteiger partial charge >= 0.3 is 5.97 Å². The maximum atomic E-state index is 12.2. The van der Waals surface area contributed by atoms with E-state index in [0.717, 1.165) is 11.4 Å². The number of halogens is 1. The van der Waals surface area contributed by atoms with Crippen LogP contribution < -0.4 is 16.0 Å². The van der Waals surface area contributed by atoms with Gasteiger partial charge in [-0.2, -0.15) is 0 Å². The molecule has 1 aliphatic rings. The number of hydrogen-bond acceptors (Lipinski definition) is 6. The van der Waals surface area contributed by atoms with Gasteiger partial charge < -0.3 is 20.8 Å². The second-order valence-corrected chi connectivity index (χ2v) is 7.58. The Hall–Kier alpha value is -1.81. The van der Waals surface area contributed by atoms with Crippen molar-refractivity contribution in [1.29, 1.82) is 0 Å². The summed E-state index contributed by atoms with van der Waals surface area (Å²) in [7, 11) is 0. The molecule has 0 unspecified atom stereocenters. The monoisotopic (exact) mass is 415 g/mol. The fraction of sp³-hybridized carbons (Fsp3) is 0.471. The molecular formula is C17H22ClN3O5S. The molecule has 0 aromatic heterocycles. The molecule has 148 valence electrons. The zero-order valence-electron chi connectivity index (χ0n) is 14.5. The molecule has 1 aromatic rings. The summed E-state index contributed by atoms with van der Waals surface area (Å²) in [6, 6.07) is 5.27. The number of thioether (sulfide) groups is 1. The van der Waals surface area contributed by atoms with Crippen LogP contribution in [0.25, 0.3) is 0 Å². The number of aliphatic hydroxyl groups excluding tert-OH is 1. The molecular weight excluding hydrogens is 394 g/mol. The summed E-state index contributed by atoms with van der Waals surface area (Å²) < 4.78 is 0. The van der Waals surface area contributed by atoms with E-state index in [0.29, 0.717) is 10.8 Å². The minimum absolute atomic E-state index is 0.0431. The molecule has 10 heteroatoms. The summed E-state index contributed by atoms with van der Waals surface area (Å²) in [6.07, 6.45) is -0.0431. The highest BCUT2D eigenvalue weighted by Crippen LogP contribution is 2.21. The van der Waals surface area contributed by atoms with E-state index in [2.05, 4.69) is 16.0 Å². The van der Waals surface area contributed by atoms with Gasteiger partial charge in [-0.25, -0.2) is 4.79 Å². The van der Waals surface area contributed by atoms with Crippen LogP contribution in [0.5, 0.6) is 0 Å². The highest BCUT2D eigenvalue weighted by atomic mass is 35.5. The first kappa shape index (κ1) is 21.5. The van der Waals surface area contributed by atoms with E-state index in [1.807, 2.05) is 0 Å². The zero-order valence-corrected chi connectivity index (χ0v) is 16.1. The lowest BCUT2D eigenvalue weighted by atomic mass is 9.95. The van der Waals surface area contributed by atoms with E-state index in [-0.39, 0.29) is 30.8 Å². The van der Waals surface area contributed by atoms with Gasteiger partial charge in [0.15, 0.2) is 0 Å². The number of carbonyl (C=O) groups is 3. The average molecular weight is 416 g/mol. The molecule has 8 nitrogen and oxygen atoms in total. The number of aliphatic carboxylic acids is 1. The van der Waals surface area contributed by atoms with E-state index in [9.17, 15) is 14.4 Å². The Labute approximate surface area is 166 Å². The average Bonchev–Trinajstić information content (AvgIpc) is 3.18. The van der Waals surface area contributed by atoms with Crippen LogP contribution in [0.15, 0.2) is 24.3 Å². The Balaban J connectivity index is 2.02. The molecule has 0 bridgehead atoms. The van der Waals surface area contributed by atoms with Crippen LogP contribution in [0.3, 0.4) is 0 Å². The molecule has 1 heterocycles. The lowest BCUT2D eigenvalue weighted by molar-refractivity contribution is -0.143. The Morgan fingerprint density at radius 3 is 2.56 bits per heavy atom. The van der Waals surface area contributed by atoms with Gasteiger partial charge in [0.1, 0.15) is 6.04 Å². The van der Waals surface area contributed by atoms with E-state index in [1.165, 1.54) is 0 Å². The molecule has 1 saturated heterocycles. The van der Waals surface area contributed by atoms with Crippen LogP contribution in [0.1, 0.15) is 17.9 Å². The molecule has 1 aromatic carbocycles. The third-order valence-corrected chi connectivity index (χ3v) is 5.34. The summed E-state index contributed by atoms with van der Waals surface area (Å²) >= 11 is 7.54. The van der Waals surface area contributed by atoms with Gasteiger partial charge in [-0.05, 0) is 17.7 Å². The van der Waals surface area contributed by atoms with Crippen molar-refractivity contribution in [2.24, 2.45) is 0 Å². The summed E-state index contributed by atoms with van der Waals surface area (Å²) in [6.45, 7) is -0.484. The van der Waals surface area contributed by atoms with Crippen molar-refractivity contribution in [2.45, 2.75) is 24.4 Å². The number of carboxylic acids is 1. The minimum Gasteiger partial charge on any atom is -0.480 e. The lowest BCUT2D eigenvalue weighted by Gasteiger charge is -2.20. The van der Waals surface area contributed by atoms with Gasteiger partial charge in [0.25, 0.3) is 0 Å². The third-order valence-electron chi connectivity index (χ3n) is 4.14. The van der Waals surface area contributed by atoms with Gasteiger partial charge in [0, 0.05) is 35.5 Å². The number of amides is 2. The standard InChI is InChI=1S/C17H22ClN3O5S/c18-12-3-1-10(2-4-12)11(5-15(23)21-13(7-22)17(25)26)6-19-16(24)14-8-27-9-20-14/h1-4,11,13-14,20,22H,5-9H2,(H,19,24)(H,21,23)(H,25,26)/t11-,13-,14+/m0/s1. The maximum absolute atomic E-state index is 12.2. The Bertz CT molecular complexity index is 667. The molecule has 2 amide bonds. The molecule has 3 atom stereocenters. The van der Waals surface area contributed by atoms with Gasteiger partial charge in [-0.3, -0.25) is 14.9 Å². The van der Waals surface area contributed by atoms with Gasteiger partial charge in [0.2, 0.25) is 11.8 Å². The van der Waals surface area contributed by atoms with Crippen LogP contribution in [0.4, 0.5) is 0 Å². The number of nitrogens with one attached hydrogen (secondary N) is 3. The number of hydrogen-bond donors (Lipinski definition) is 5. The topological polar surface area (TPSA) is 128 Å². The highest BCUT2D eigenvalue weighted by Gasteiger charge is 2.25. The van der Waals surface area contributed by atoms with E-state index < -0.39 is 24.5 Å². The number of carbonyl (C=O) groups excluding carboxylic acids is 2.